The molecule has 2 nitrogen and oxygen atoms in total. The Kier molecular flexibility index (Phi) is 4.11. The summed E-state index contributed by atoms with van der Waals surface area (Å²) in [5, 5.41) is 0. The van der Waals surface area contributed by atoms with Gasteiger partial charge in [0.2, 0.25) is 0 Å². The topological polar surface area (TPSA) is 29.1 Å². The largest absolute Gasteiger partial charge is 0.242 e. The van der Waals surface area contributed by atoms with E-state index in [0.29, 0.717) is 11.5 Å². The van der Waals surface area contributed by atoms with Gasteiger partial charge in [0, 0.05) is 11.6 Å². The highest BCUT2D eigenvalue weighted by molar-refractivity contribution is 7.84. The van der Waals surface area contributed by atoms with Gasteiger partial charge in [0.15, 0.2) is 0 Å². The molecular weight excluding hydrogens is 261 g/mol. The third-order valence-corrected chi connectivity index (χ3v) is 5.06. The van der Waals surface area contributed by atoms with E-state index in [2.05, 4.69) is 4.72 Å². The lowest BCUT2D eigenvalue weighted by Crippen LogP contribution is -2.35. The smallest absolute Gasteiger partial charge is 0.128 e. The van der Waals surface area contributed by atoms with Gasteiger partial charge < -0.3 is 0 Å². The van der Waals surface area contributed by atoms with Crippen LogP contribution in [0.15, 0.2) is 18.2 Å². The maximum atomic E-state index is 14.1. The Labute approximate surface area is 117 Å². The monoisotopic (exact) mass is 283 g/mol. The predicted octanol–water partition coefficient (Wildman–Crippen LogP) is 3.82. The Morgan fingerprint density at radius 2 is 2.00 bits per heavy atom. The summed E-state index contributed by atoms with van der Waals surface area (Å²) in [5.74, 6) is 0.353. The van der Waals surface area contributed by atoms with Crippen molar-refractivity contribution in [1.82, 2.24) is 4.72 Å². The lowest BCUT2D eigenvalue weighted by Gasteiger charge is -2.22. The first-order chi connectivity index (χ1) is 8.79. The fourth-order valence-corrected chi connectivity index (χ4v) is 2.77. The average Bonchev–Trinajstić information content (AvgIpc) is 3.10. The van der Waals surface area contributed by atoms with Gasteiger partial charge in [-0.25, -0.2) is 13.3 Å². The molecule has 0 spiro atoms. The van der Waals surface area contributed by atoms with Crippen LogP contribution < -0.4 is 4.72 Å². The van der Waals surface area contributed by atoms with Crippen LogP contribution in [0.3, 0.4) is 0 Å². The fraction of sp³-hybridized carbons (Fsp3) is 0.600. The van der Waals surface area contributed by atoms with E-state index in [1.807, 2.05) is 39.8 Å². The molecule has 19 heavy (non-hydrogen) atoms. The van der Waals surface area contributed by atoms with Gasteiger partial charge in [0.05, 0.1) is 15.7 Å². The zero-order chi connectivity index (χ0) is 14.2. The third-order valence-electron chi connectivity index (χ3n) is 3.38. The minimum atomic E-state index is -1.19. The SMILES string of the molecule is CC(NS(=O)C(C)(C)C)c1ccc(C2CC2)cc1F. The van der Waals surface area contributed by atoms with Crippen molar-refractivity contribution in [3.05, 3.63) is 35.1 Å². The number of benzene rings is 1. The Balaban J connectivity index is 2.10. The molecule has 0 aliphatic heterocycles. The van der Waals surface area contributed by atoms with Gasteiger partial charge in [0.1, 0.15) is 5.82 Å². The lowest BCUT2D eigenvalue weighted by atomic mass is 10.0. The van der Waals surface area contributed by atoms with Gasteiger partial charge in [-0.2, -0.15) is 0 Å². The third kappa shape index (κ3) is 3.63. The molecule has 1 aliphatic rings. The summed E-state index contributed by atoms with van der Waals surface area (Å²) in [6.07, 6.45) is 2.33. The van der Waals surface area contributed by atoms with Crippen molar-refractivity contribution < 1.29 is 8.60 Å². The van der Waals surface area contributed by atoms with E-state index in [9.17, 15) is 8.60 Å². The molecule has 0 radical (unpaired) electrons. The van der Waals surface area contributed by atoms with Crippen LogP contribution in [0.2, 0.25) is 0 Å². The maximum Gasteiger partial charge on any atom is 0.128 e. The molecule has 1 aromatic rings. The van der Waals surface area contributed by atoms with E-state index in [-0.39, 0.29) is 16.6 Å². The molecule has 0 aromatic heterocycles. The van der Waals surface area contributed by atoms with Crippen molar-refractivity contribution >= 4 is 11.0 Å². The van der Waals surface area contributed by atoms with Gasteiger partial charge >= 0.3 is 0 Å². The van der Waals surface area contributed by atoms with Crippen LogP contribution in [0.4, 0.5) is 4.39 Å². The average molecular weight is 283 g/mol. The van der Waals surface area contributed by atoms with Crippen molar-refractivity contribution in [2.75, 3.05) is 0 Å². The summed E-state index contributed by atoms with van der Waals surface area (Å²) in [6.45, 7) is 7.54. The van der Waals surface area contributed by atoms with E-state index in [1.165, 1.54) is 12.8 Å². The maximum absolute atomic E-state index is 14.1. The second-order valence-corrected chi connectivity index (χ2v) is 8.27. The molecule has 2 unspecified atom stereocenters. The minimum absolute atomic E-state index is 0.199. The van der Waals surface area contributed by atoms with Crippen LogP contribution in [0, 0.1) is 5.82 Å². The van der Waals surface area contributed by atoms with Crippen LogP contribution in [0.5, 0.6) is 0 Å². The fourth-order valence-electron chi connectivity index (χ4n) is 1.97. The molecular formula is C15H22FNOS. The Morgan fingerprint density at radius 1 is 1.37 bits per heavy atom. The van der Waals surface area contributed by atoms with E-state index < -0.39 is 11.0 Å². The number of hydrogen-bond donors (Lipinski definition) is 1. The minimum Gasteiger partial charge on any atom is -0.242 e. The molecule has 1 fully saturated rings. The van der Waals surface area contributed by atoms with Gasteiger partial charge in [-0.15, -0.1) is 0 Å². The Bertz CT molecular complexity index is 491. The second-order valence-electron chi connectivity index (χ2n) is 6.28. The Hall–Kier alpha value is -0.740. The molecule has 2 atom stereocenters. The normalized spacial score (nSPS) is 19.2. The molecule has 0 bridgehead atoms. The summed E-state index contributed by atoms with van der Waals surface area (Å²) < 4.78 is 28.7. The van der Waals surface area contributed by atoms with Crippen molar-refractivity contribution in [3.63, 3.8) is 0 Å². The van der Waals surface area contributed by atoms with Gasteiger partial charge in [-0.05, 0) is 58.1 Å². The van der Waals surface area contributed by atoms with Crippen molar-refractivity contribution in [1.29, 1.82) is 0 Å². The van der Waals surface area contributed by atoms with Gasteiger partial charge in [-0.1, -0.05) is 12.1 Å². The van der Waals surface area contributed by atoms with Crippen LogP contribution in [0.25, 0.3) is 0 Å². The molecule has 0 saturated heterocycles. The number of nitrogens with one attached hydrogen (secondary N) is 1. The highest BCUT2D eigenvalue weighted by Gasteiger charge is 2.26. The van der Waals surface area contributed by atoms with Crippen molar-refractivity contribution in [3.8, 4) is 0 Å². The second kappa shape index (κ2) is 5.33. The number of rotatable bonds is 4. The van der Waals surface area contributed by atoms with Crippen molar-refractivity contribution in [2.45, 2.75) is 57.2 Å². The van der Waals surface area contributed by atoms with E-state index in [1.54, 1.807) is 6.07 Å². The van der Waals surface area contributed by atoms with E-state index in [4.69, 9.17) is 0 Å². The van der Waals surface area contributed by atoms with Crippen LogP contribution in [0.1, 0.15) is 63.6 Å². The van der Waals surface area contributed by atoms with E-state index >= 15 is 0 Å². The van der Waals surface area contributed by atoms with Crippen molar-refractivity contribution in [2.24, 2.45) is 0 Å². The summed E-state index contributed by atoms with van der Waals surface area (Å²) in [7, 11) is -1.19. The first-order valence-corrected chi connectivity index (χ1v) is 7.91. The summed E-state index contributed by atoms with van der Waals surface area (Å²) in [6, 6.07) is 5.19. The Morgan fingerprint density at radius 3 is 2.47 bits per heavy atom. The predicted molar refractivity (Wildman–Crippen MR) is 77.8 cm³/mol. The summed E-state index contributed by atoms with van der Waals surface area (Å²) in [5.41, 5.74) is 1.67. The van der Waals surface area contributed by atoms with Gasteiger partial charge in [0.25, 0.3) is 0 Å². The molecule has 1 saturated carbocycles. The molecule has 1 aromatic carbocycles. The first kappa shape index (κ1) is 14.7. The van der Waals surface area contributed by atoms with Crippen LogP contribution in [-0.2, 0) is 11.0 Å². The molecule has 4 heteroatoms. The lowest BCUT2D eigenvalue weighted by molar-refractivity contribution is 0.570. The first-order valence-electron chi connectivity index (χ1n) is 6.76. The summed E-state index contributed by atoms with van der Waals surface area (Å²) in [4.78, 5) is 0. The zero-order valence-corrected chi connectivity index (χ0v) is 12.8. The summed E-state index contributed by atoms with van der Waals surface area (Å²) >= 11 is 0. The number of halogens is 1. The molecule has 0 heterocycles. The standard InChI is InChI=1S/C15H22FNOS/c1-10(17-19(18)15(2,3)4)13-8-7-12(9-14(13)16)11-5-6-11/h7-11,17H,5-6H2,1-4H3. The highest BCUT2D eigenvalue weighted by Crippen LogP contribution is 2.40. The number of hydrogen-bond acceptors (Lipinski definition) is 1. The highest BCUT2D eigenvalue weighted by atomic mass is 32.2. The zero-order valence-electron chi connectivity index (χ0n) is 12.0. The molecule has 106 valence electrons. The van der Waals surface area contributed by atoms with Gasteiger partial charge in [-0.3, -0.25) is 0 Å². The molecule has 2 rings (SSSR count). The van der Waals surface area contributed by atoms with Crippen LogP contribution in [-0.4, -0.2) is 8.96 Å². The van der Waals surface area contributed by atoms with E-state index in [0.717, 1.165) is 5.56 Å². The quantitative estimate of drug-likeness (QED) is 0.894. The molecule has 0 amide bonds. The molecule has 1 aliphatic carbocycles. The van der Waals surface area contributed by atoms with Crippen LogP contribution >= 0.6 is 0 Å². The molecule has 1 N–H and O–H groups in total.